The van der Waals surface area contributed by atoms with Gasteiger partial charge in [0, 0.05) is 24.4 Å². The number of hydrogen-bond acceptors (Lipinski definition) is 7. The largest absolute Gasteiger partial charge is 0.497 e. The third kappa shape index (κ3) is 4.19. The molecule has 0 spiro atoms. The van der Waals surface area contributed by atoms with Gasteiger partial charge in [-0.1, -0.05) is 6.07 Å². The molecule has 0 bridgehead atoms. The third-order valence-corrected chi connectivity index (χ3v) is 5.55. The van der Waals surface area contributed by atoms with Gasteiger partial charge in [0.1, 0.15) is 22.6 Å². The summed E-state index contributed by atoms with van der Waals surface area (Å²) < 4.78 is 15.6. The van der Waals surface area contributed by atoms with Gasteiger partial charge in [0.05, 0.1) is 26.2 Å². The number of aryl methyl sites for hydroxylation is 1. The van der Waals surface area contributed by atoms with Crippen molar-refractivity contribution in [1.29, 1.82) is 0 Å². The molecule has 172 valence electrons. The van der Waals surface area contributed by atoms with Crippen molar-refractivity contribution in [3.63, 3.8) is 0 Å². The third-order valence-electron chi connectivity index (χ3n) is 5.55. The summed E-state index contributed by atoms with van der Waals surface area (Å²) in [5.41, 5.74) is 1.18. The Balaban J connectivity index is 0.000000183. The minimum absolute atomic E-state index is 0.125. The van der Waals surface area contributed by atoms with E-state index in [2.05, 4.69) is 15.6 Å². The molecule has 4 heterocycles. The van der Waals surface area contributed by atoms with Gasteiger partial charge in [0.15, 0.2) is 0 Å². The first-order valence-corrected chi connectivity index (χ1v) is 10.2. The number of amides is 4. The summed E-state index contributed by atoms with van der Waals surface area (Å²) in [5.74, 6) is 1.51. The lowest BCUT2D eigenvalue weighted by Gasteiger charge is -2.26. The number of urea groups is 1. The molecule has 33 heavy (non-hydrogen) atoms. The second-order valence-electron chi connectivity index (χ2n) is 8.01. The van der Waals surface area contributed by atoms with Gasteiger partial charge in [-0.05, 0) is 37.6 Å². The molecule has 1 atom stereocenters. The van der Waals surface area contributed by atoms with Crippen molar-refractivity contribution >= 4 is 28.8 Å². The molecule has 2 aromatic heterocycles. The highest BCUT2D eigenvalue weighted by Gasteiger charge is 2.45. The average Bonchev–Trinajstić information content (AvgIpc) is 3.40. The van der Waals surface area contributed by atoms with E-state index in [0.717, 1.165) is 22.3 Å². The van der Waals surface area contributed by atoms with E-state index in [-0.39, 0.29) is 12.5 Å². The molecule has 1 saturated heterocycles. The Kier molecular flexibility index (Phi) is 5.67. The van der Waals surface area contributed by atoms with Crippen molar-refractivity contribution in [2.24, 2.45) is 0 Å². The fourth-order valence-electron chi connectivity index (χ4n) is 3.90. The number of hydrogen-bond donors (Lipinski definition) is 2. The lowest BCUT2D eigenvalue weighted by Crippen LogP contribution is -2.52. The molecule has 10 heteroatoms. The molecule has 5 rings (SSSR count). The number of benzene rings is 1. The Morgan fingerprint density at radius 2 is 1.94 bits per heavy atom. The monoisotopic (exact) mass is 452 g/mol. The Morgan fingerprint density at radius 3 is 2.61 bits per heavy atom. The van der Waals surface area contributed by atoms with E-state index in [9.17, 15) is 14.4 Å². The van der Waals surface area contributed by atoms with Crippen LogP contribution < -0.4 is 20.1 Å². The molecular weight excluding hydrogens is 428 g/mol. The van der Waals surface area contributed by atoms with E-state index >= 15 is 0 Å². The quantitative estimate of drug-likeness (QED) is 0.583. The number of rotatable bonds is 4. The molecule has 0 radical (unpaired) electrons. The summed E-state index contributed by atoms with van der Waals surface area (Å²) in [7, 11) is 3.14. The van der Waals surface area contributed by atoms with E-state index in [0.29, 0.717) is 23.7 Å². The lowest BCUT2D eigenvalue weighted by molar-refractivity contribution is -0.123. The molecule has 2 N–H and O–H groups in total. The molecule has 4 amide bonds. The standard InChI is InChI=1S/C14H15N3O4.C9H9NO2/c1-14(12(19)15-13(20)16-14)7-17-6-8-3-4-9(21-2)5-10(8)11(17)18;1-6-5-7-8(12-6)3-4-10-9(7)11-2/h3-5H,6-7H2,1-2H3,(H2,15,16,19,20);3-5H,1-2H3/t14-;/m1./s1. The summed E-state index contributed by atoms with van der Waals surface area (Å²) in [6.45, 7) is 4.04. The number of fused-ring (bicyclic) bond motifs is 2. The lowest BCUT2D eigenvalue weighted by atomic mass is 10.0. The van der Waals surface area contributed by atoms with Gasteiger partial charge in [0.2, 0.25) is 5.88 Å². The number of imide groups is 1. The molecule has 2 aliphatic heterocycles. The first kappa shape index (κ1) is 22.1. The Bertz CT molecular complexity index is 1250. The van der Waals surface area contributed by atoms with Crippen molar-refractivity contribution in [2.75, 3.05) is 20.8 Å². The smallest absolute Gasteiger partial charge is 0.322 e. The minimum atomic E-state index is -1.10. The molecular formula is C23H24N4O6. The number of carbonyl (C=O) groups excluding carboxylic acids is 3. The van der Waals surface area contributed by atoms with Crippen LogP contribution in [0.25, 0.3) is 11.0 Å². The summed E-state index contributed by atoms with van der Waals surface area (Å²) in [5, 5.41) is 5.68. The predicted molar refractivity (Wildman–Crippen MR) is 118 cm³/mol. The van der Waals surface area contributed by atoms with Crippen LogP contribution in [0.4, 0.5) is 4.79 Å². The Labute approximate surface area is 189 Å². The number of nitrogens with one attached hydrogen (secondary N) is 2. The Hall–Kier alpha value is -4.08. The van der Waals surface area contributed by atoms with Crippen LogP contribution in [0.2, 0.25) is 0 Å². The number of aromatic nitrogens is 1. The highest BCUT2D eigenvalue weighted by Crippen LogP contribution is 2.28. The molecule has 0 unspecified atom stereocenters. The summed E-state index contributed by atoms with van der Waals surface area (Å²) in [4.78, 5) is 41.1. The van der Waals surface area contributed by atoms with Gasteiger partial charge in [-0.15, -0.1) is 0 Å². The van der Waals surface area contributed by atoms with E-state index in [4.69, 9.17) is 13.9 Å². The van der Waals surface area contributed by atoms with Gasteiger partial charge in [-0.25, -0.2) is 9.78 Å². The van der Waals surface area contributed by atoms with Crippen molar-refractivity contribution < 1.29 is 28.3 Å². The van der Waals surface area contributed by atoms with Gasteiger partial charge >= 0.3 is 6.03 Å². The van der Waals surface area contributed by atoms with Crippen LogP contribution in [0.15, 0.2) is 40.9 Å². The maximum Gasteiger partial charge on any atom is 0.322 e. The minimum Gasteiger partial charge on any atom is -0.497 e. The summed E-state index contributed by atoms with van der Waals surface area (Å²) in [6.07, 6.45) is 1.67. The molecule has 1 fully saturated rings. The van der Waals surface area contributed by atoms with E-state index in [1.807, 2.05) is 25.1 Å². The number of nitrogens with zero attached hydrogens (tertiary/aromatic N) is 2. The number of carbonyl (C=O) groups is 3. The second kappa shape index (κ2) is 8.45. The molecule has 0 aliphatic carbocycles. The molecule has 3 aromatic rings. The van der Waals surface area contributed by atoms with Crippen molar-refractivity contribution in [1.82, 2.24) is 20.5 Å². The normalized spacial score (nSPS) is 19.0. The van der Waals surface area contributed by atoms with Crippen molar-refractivity contribution in [3.05, 3.63) is 53.4 Å². The first-order chi connectivity index (χ1) is 15.7. The number of furan rings is 1. The summed E-state index contributed by atoms with van der Waals surface area (Å²) >= 11 is 0. The predicted octanol–water partition coefficient (Wildman–Crippen LogP) is 2.39. The maximum absolute atomic E-state index is 12.4. The van der Waals surface area contributed by atoms with Crippen LogP contribution in [-0.4, -0.2) is 54.0 Å². The number of ether oxygens (including phenoxy) is 2. The zero-order valence-electron chi connectivity index (χ0n) is 18.7. The summed E-state index contributed by atoms with van der Waals surface area (Å²) in [6, 6.07) is 8.52. The van der Waals surface area contributed by atoms with Gasteiger partial charge in [-0.2, -0.15) is 0 Å². The zero-order chi connectivity index (χ0) is 23.8. The highest BCUT2D eigenvalue weighted by molar-refractivity contribution is 6.07. The maximum atomic E-state index is 12.4. The highest BCUT2D eigenvalue weighted by atomic mass is 16.5. The van der Waals surface area contributed by atoms with Crippen molar-refractivity contribution in [2.45, 2.75) is 25.9 Å². The first-order valence-electron chi connectivity index (χ1n) is 10.2. The van der Waals surface area contributed by atoms with Gasteiger partial charge < -0.3 is 24.1 Å². The Morgan fingerprint density at radius 1 is 1.15 bits per heavy atom. The average molecular weight is 452 g/mol. The topological polar surface area (TPSA) is 123 Å². The molecule has 0 saturated carbocycles. The van der Waals surface area contributed by atoms with E-state index in [1.165, 1.54) is 0 Å². The van der Waals surface area contributed by atoms with Crippen LogP contribution in [0.5, 0.6) is 11.6 Å². The molecule has 2 aliphatic rings. The van der Waals surface area contributed by atoms with Gasteiger partial charge in [-0.3, -0.25) is 14.9 Å². The molecule has 1 aromatic carbocycles. The van der Waals surface area contributed by atoms with E-state index < -0.39 is 17.5 Å². The van der Waals surface area contributed by atoms with Crippen LogP contribution in [-0.2, 0) is 11.3 Å². The van der Waals surface area contributed by atoms with Crippen LogP contribution in [0.1, 0.15) is 28.6 Å². The van der Waals surface area contributed by atoms with Crippen molar-refractivity contribution in [3.8, 4) is 11.6 Å². The number of pyridine rings is 1. The molecule has 10 nitrogen and oxygen atoms in total. The fraction of sp³-hybridized carbons (Fsp3) is 0.304. The fourth-order valence-corrected chi connectivity index (χ4v) is 3.90. The van der Waals surface area contributed by atoms with E-state index in [1.54, 1.807) is 44.4 Å². The second-order valence-corrected chi connectivity index (χ2v) is 8.01. The SMILES string of the molecule is COc1ccc2c(c1)C(=O)N(C[C@@]1(C)NC(=O)NC1=O)C2.COc1nccc2oc(C)cc12. The van der Waals surface area contributed by atoms with Crippen LogP contribution in [0.3, 0.4) is 0 Å². The number of methoxy groups -OCH3 is 2. The zero-order valence-corrected chi connectivity index (χ0v) is 18.7. The van der Waals surface area contributed by atoms with Crippen LogP contribution >= 0.6 is 0 Å². The van der Waals surface area contributed by atoms with Crippen LogP contribution in [0, 0.1) is 6.92 Å². The van der Waals surface area contributed by atoms with Gasteiger partial charge in [0.25, 0.3) is 11.8 Å².